The van der Waals surface area contributed by atoms with E-state index in [0.29, 0.717) is 13.1 Å². The van der Waals surface area contributed by atoms with E-state index in [1.54, 1.807) is 0 Å². The molecular formula is C21H28N2O2. The third-order valence-corrected chi connectivity index (χ3v) is 4.96. The maximum absolute atomic E-state index is 10.5. The molecule has 1 aliphatic heterocycles. The number of hydrogen-bond donors (Lipinski definition) is 2. The van der Waals surface area contributed by atoms with Gasteiger partial charge in [0.25, 0.3) is 0 Å². The lowest BCUT2D eigenvalue weighted by Crippen LogP contribution is -2.44. The molecule has 0 bridgehead atoms. The van der Waals surface area contributed by atoms with Gasteiger partial charge in [0, 0.05) is 26.2 Å². The Morgan fingerprint density at radius 1 is 1.12 bits per heavy atom. The van der Waals surface area contributed by atoms with Crippen molar-refractivity contribution in [3.8, 4) is 0 Å². The van der Waals surface area contributed by atoms with Crippen LogP contribution < -0.4 is 0 Å². The van der Waals surface area contributed by atoms with Gasteiger partial charge in [0.05, 0.1) is 18.8 Å². The molecule has 1 aliphatic rings. The van der Waals surface area contributed by atoms with Gasteiger partial charge in [0.2, 0.25) is 0 Å². The SMILES string of the molecule is CN(Cc1ccccc1)CC(O)CN1CCc2ccccc2C1CO. The Morgan fingerprint density at radius 3 is 2.60 bits per heavy atom. The number of aliphatic hydroxyl groups excluding tert-OH is 2. The summed E-state index contributed by atoms with van der Waals surface area (Å²) >= 11 is 0. The van der Waals surface area contributed by atoms with Crippen molar-refractivity contribution in [3.05, 3.63) is 71.3 Å². The highest BCUT2D eigenvalue weighted by atomic mass is 16.3. The first-order valence-electron chi connectivity index (χ1n) is 9.00. The van der Waals surface area contributed by atoms with Crippen molar-refractivity contribution < 1.29 is 10.2 Å². The van der Waals surface area contributed by atoms with Crippen LogP contribution >= 0.6 is 0 Å². The fourth-order valence-corrected chi connectivity index (χ4v) is 3.78. The molecule has 2 aromatic carbocycles. The Kier molecular flexibility index (Phi) is 6.21. The summed E-state index contributed by atoms with van der Waals surface area (Å²) in [6.45, 7) is 2.99. The largest absolute Gasteiger partial charge is 0.394 e. The van der Waals surface area contributed by atoms with Crippen LogP contribution in [0.4, 0.5) is 0 Å². The number of rotatable bonds is 7. The first kappa shape index (κ1) is 18.1. The summed E-state index contributed by atoms with van der Waals surface area (Å²) in [4.78, 5) is 4.36. The summed E-state index contributed by atoms with van der Waals surface area (Å²) in [5.74, 6) is 0. The van der Waals surface area contributed by atoms with Crippen molar-refractivity contribution in [2.24, 2.45) is 0 Å². The lowest BCUT2D eigenvalue weighted by molar-refractivity contribution is 0.0406. The molecule has 0 saturated heterocycles. The Hall–Kier alpha value is -1.72. The Labute approximate surface area is 150 Å². The third kappa shape index (κ3) is 4.67. The van der Waals surface area contributed by atoms with Gasteiger partial charge in [-0.15, -0.1) is 0 Å². The zero-order chi connectivity index (χ0) is 17.6. The molecule has 3 rings (SSSR count). The molecule has 2 atom stereocenters. The van der Waals surface area contributed by atoms with Crippen LogP contribution in [-0.4, -0.2) is 59.4 Å². The van der Waals surface area contributed by atoms with Crippen molar-refractivity contribution in [2.75, 3.05) is 33.3 Å². The van der Waals surface area contributed by atoms with Crippen LogP contribution in [0.15, 0.2) is 54.6 Å². The molecule has 4 nitrogen and oxygen atoms in total. The molecule has 25 heavy (non-hydrogen) atoms. The molecule has 0 radical (unpaired) electrons. The van der Waals surface area contributed by atoms with E-state index < -0.39 is 6.10 Å². The second kappa shape index (κ2) is 8.59. The van der Waals surface area contributed by atoms with Crippen LogP contribution in [0, 0.1) is 0 Å². The van der Waals surface area contributed by atoms with Gasteiger partial charge >= 0.3 is 0 Å². The van der Waals surface area contributed by atoms with Crippen LogP contribution in [-0.2, 0) is 13.0 Å². The molecule has 2 N–H and O–H groups in total. The predicted octanol–water partition coefficient (Wildman–Crippen LogP) is 2.07. The van der Waals surface area contributed by atoms with E-state index >= 15 is 0 Å². The van der Waals surface area contributed by atoms with Crippen molar-refractivity contribution in [2.45, 2.75) is 25.1 Å². The molecule has 0 aromatic heterocycles. The smallest absolute Gasteiger partial charge is 0.0794 e. The van der Waals surface area contributed by atoms with Crippen LogP contribution in [0.3, 0.4) is 0 Å². The highest BCUT2D eigenvalue weighted by Gasteiger charge is 2.28. The Bertz CT molecular complexity index is 662. The Morgan fingerprint density at radius 2 is 1.84 bits per heavy atom. The van der Waals surface area contributed by atoms with E-state index in [1.807, 2.05) is 31.3 Å². The first-order valence-corrected chi connectivity index (χ1v) is 9.00. The van der Waals surface area contributed by atoms with Gasteiger partial charge in [-0.2, -0.15) is 0 Å². The van der Waals surface area contributed by atoms with Crippen LogP contribution in [0.1, 0.15) is 22.7 Å². The molecule has 0 amide bonds. The second-order valence-corrected chi connectivity index (χ2v) is 6.98. The number of likely N-dealkylation sites (N-methyl/N-ethyl adjacent to an activating group) is 1. The minimum Gasteiger partial charge on any atom is -0.394 e. The van der Waals surface area contributed by atoms with Gasteiger partial charge in [-0.1, -0.05) is 54.6 Å². The predicted molar refractivity (Wildman–Crippen MR) is 100 cm³/mol. The average molecular weight is 340 g/mol. The second-order valence-electron chi connectivity index (χ2n) is 6.98. The fraction of sp³-hybridized carbons (Fsp3) is 0.429. The summed E-state index contributed by atoms with van der Waals surface area (Å²) in [6.07, 6.45) is 0.534. The highest BCUT2D eigenvalue weighted by molar-refractivity contribution is 5.32. The number of aliphatic hydroxyl groups is 2. The van der Waals surface area contributed by atoms with E-state index in [4.69, 9.17) is 0 Å². The van der Waals surface area contributed by atoms with E-state index in [2.05, 4.69) is 40.1 Å². The van der Waals surface area contributed by atoms with Crippen molar-refractivity contribution >= 4 is 0 Å². The molecule has 0 aliphatic carbocycles. The molecule has 2 aromatic rings. The quantitative estimate of drug-likeness (QED) is 0.810. The zero-order valence-electron chi connectivity index (χ0n) is 14.9. The number of benzene rings is 2. The van der Waals surface area contributed by atoms with Gasteiger partial charge in [-0.3, -0.25) is 9.80 Å². The highest BCUT2D eigenvalue weighted by Crippen LogP contribution is 2.29. The molecule has 0 spiro atoms. The lowest BCUT2D eigenvalue weighted by atomic mass is 9.92. The van der Waals surface area contributed by atoms with E-state index in [1.165, 1.54) is 16.7 Å². The fourth-order valence-electron chi connectivity index (χ4n) is 3.78. The molecule has 0 fully saturated rings. The Balaban J connectivity index is 1.56. The molecule has 134 valence electrons. The zero-order valence-corrected chi connectivity index (χ0v) is 14.9. The molecule has 0 saturated carbocycles. The number of nitrogens with zero attached hydrogens (tertiary/aromatic N) is 2. The molecule has 4 heteroatoms. The molecule has 2 unspecified atom stereocenters. The standard InChI is InChI=1S/C21H28N2O2/c1-22(13-17-7-3-2-4-8-17)14-19(25)15-23-12-11-18-9-5-6-10-20(18)21(23)16-24/h2-10,19,21,24-25H,11-16H2,1H3. The van der Waals surface area contributed by atoms with E-state index in [-0.39, 0.29) is 12.6 Å². The number of β-amino-alcohol motifs (C(OH)–C–C–N with tert-alkyl or cyclic N) is 1. The first-order chi connectivity index (χ1) is 12.2. The molecule has 1 heterocycles. The van der Waals surface area contributed by atoms with Gasteiger partial charge in [0.1, 0.15) is 0 Å². The lowest BCUT2D eigenvalue weighted by Gasteiger charge is -2.38. The maximum atomic E-state index is 10.5. The summed E-state index contributed by atoms with van der Waals surface area (Å²) in [5, 5.41) is 20.4. The minimum absolute atomic E-state index is 0.0148. The molecular weight excluding hydrogens is 312 g/mol. The average Bonchev–Trinajstić information content (AvgIpc) is 2.62. The topological polar surface area (TPSA) is 46.9 Å². The maximum Gasteiger partial charge on any atom is 0.0794 e. The van der Waals surface area contributed by atoms with Gasteiger partial charge in [-0.25, -0.2) is 0 Å². The van der Waals surface area contributed by atoms with Gasteiger partial charge in [-0.05, 0) is 30.2 Å². The summed E-state index contributed by atoms with van der Waals surface area (Å²) < 4.78 is 0. The summed E-state index contributed by atoms with van der Waals surface area (Å²) in [6, 6.07) is 18.6. The van der Waals surface area contributed by atoms with Crippen molar-refractivity contribution in [1.82, 2.24) is 9.80 Å². The van der Waals surface area contributed by atoms with E-state index in [9.17, 15) is 10.2 Å². The summed E-state index contributed by atoms with van der Waals surface area (Å²) in [7, 11) is 2.03. The number of fused-ring (bicyclic) bond motifs is 1. The van der Waals surface area contributed by atoms with Crippen LogP contribution in [0.5, 0.6) is 0 Å². The van der Waals surface area contributed by atoms with Crippen molar-refractivity contribution in [3.63, 3.8) is 0 Å². The normalized spacial score (nSPS) is 19.0. The van der Waals surface area contributed by atoms with Crippen molar-refractivity contribution in [1.29, 1.82) is 0 Å². The minimum atomic E-state index is -0.437. The monoisotopic (exact) mass is 340 g/mol. The number of hydrogen-bond acceptors (Lipinski definition) is 4. The van der Waals surface area contributed by atoms with Crippen LogP contribution in [0.25, 0.3) is 0 Å². The third-order valence-electron chi connectivity index (χ3n) is 4.96. The van der Waals surface area contributed by atoms with E-state index in [0.717, 1.165) is 19.5 Å². The summed E-state index contributed by atoms with van der Waals surface area (Å²) in [5.41, 5.74) is 3.76. The van der Waals surface area contributed by atoms with Gasteiger partial charge in [0.15, 0.2) is 0 Å². The van der Waals surface area contributed by atoms with Gasteiger partial charge < -0.3 is 10.2 Å². The van der Waals surface area contributed by atoms with Crippen LogP contribution in [0.2, 0.25) is 0 Å².